The molecule has 0 aliphatic heterocycles. The van der Waals surface area contributed by atoms with Gasteiger partial charge in [-0.15, -0.1) is 11.6 Å². The molecule has 0 aliphatic rings. The predicted molar refractivity (Wildman–Crippen MR) is 88.4 cm³/mol. The molecule has 0 bridgehead atoms. The quantitative estimate of drug-likeness (QED) is 0.698. The highest BCUT2D eigenvalue weighted by Gasteiger charge is 2.14. The summed E-state index contributed by atoms with van der Waals surface area (Å²) in [7, 11) is 0. The molecule has 0 atom stereocenters. The van der Waals surface area contributed by atoms with Crippen molar-refractivity contribution >= 4 is 11.6 Å². The minimum Gasteiger partial charge on any atom is -0.439 e. The van der Waals surface area contributed by atoms with Gasteiger partial charge in [0.25, 0.3) is 0 Å². The first-order valence-corrected chi connectivity index (χ1v) is 7.80. The highest BCUT2D eigenvalue weighted by molar-refractivity contribution is 6.17. The summed E-state index contributed by atoms with van der Waals surface area (Å²) in [6, 6.07) is 12.1. The van der Waals surface area contributed by atoms with Crippen LogP contribution in [0, 0.1) is 0 Å². The lowest BCUT2D eigenvalue weighted by atomic mass is 9.87. The second kappa shape index (κ2) is 6.48. The van der Waals surface area contributed by atoms with Crippen LogP contribution in [-0.2, 0) is 17.7 Å². The molecule has 2 nitrogen and oxygen atoms in total. The van der Waals surface area contributed by atoms with E-state index < -0.39 is 0 Å². The first-order valence-electron chi connectivity index (χ1n) is 7.26. The summed E-state index contributed by atoms with van der Waals surface area (Å²) in [5.41, 5.74) is 3.36. The van der Waals surface area contributed by atoms with E-state index >= 15 is 0 Å². The molecular formula is C18H22ClNO. The third kappa shape index (κ3) is 4.21. The molecule has 0 saturated heterocycles. The van der Waals surface area contributed by atoms with Crippen LogP contribution in [0.3, 0.4) is 0 Å². The summed E-state index contributed by atoms with van der Waals surface area (Å²) in [5, 5.41) is 0. The third-order valence-corrected chi connectivity index (χ3v) is 3.66. The van der Waals surface area contributed by atoms with Crippen LogP contribution in [0.15, 0.2) is 36.4 Å². The summed E-state index contributed by atoms with van der Waals surface area (Å²) in [6.45, 7) is 8.64. The molecule has 21 heavy (non-hydrogen) atoms. The van der Waals surface area contributed by atoms with E-state index in [0.29, 0.717) is 11.8 Å². The molecule has 1 aromatic carbocycles. The van der Waals surface area contributed by atoms with Crippen molar-refractivity contribution in [3.8, 4) is 11.6 Å². The van der Waals surface area contributed by atoms with E-state index in [4.69, 9.17) is 16.3 Å². The Labute approximate surface area is 132 Å². The molecule has 0 N–H and O–H groups in total. The normalized spacial score (nSPS) is 11.5. The monoisotopic (exact) mass is 303 g/mol. The van der Waals surface area contributed by atoms with Crippen LogP contribution < -0.4 is 4.74 Å². The van der Waals surface area contributed by atoms with Gasteiger partial charge in [-0.1, -0.05) is 39.8 Å². The Hall–Kier alpha value is -1.54. The Morgan fingerprint density at radius 3 is 2.52 bits per heavy atom. The number of aromatic nitrogens is 1. The molecule has 0 fully saturated rings. The lowest BCUT2D eigenvalue weighted by molar-refractivity contribution is 0.457. The Balaban J connectivity index is 2.30. The van der Waals surface area contributed by atoms with Gasteiger partial charge in [0.05, 0.1) is 0 Å². The van der Waals surface area contributed by atoms with Gasteiger partial charge in [-0.2, -0.15) is 0 Å². The first-order chi connectivity index (χ1) is 9.92. The topological polar surface area (TPSA) is 22.1 Å². The van der Waals surface area contributed by atoms with Crippen molar-refractivity contribution in [3.05, 3.63) is 53.2 Å². The van der Waals surface area contributed by atoms with Crippen molar-refractivity contribution in [1.29, 1.82) is 0 Å². The highest BCUT2D eigenvalue weighted by atomic mass is 35.5. The van der Waals surface area contributed by atoms with Crippen molar-refractivity contribution in [2.45, 2.75) is 45.4 Å². The second-order valence-electron chi connectivity index (χ2n) is 6.17. The van der Waals surface area contributed by atoms with Gasteiger partial charge in [0.2, 0.25) is 5.88 Å². The number of hydrogen-bond acceptors (Lipinski definition) is 2. The van der Waals surface area contributed by atoms with Crippen LogP contribution >= 0.6 is 11.6 Å². The molecule has 0 aliphatic carbocycles. The second-order valence-corrected chi connectivity index (χ2v) is 6.44. The van der Waals surface area contributed by atoms with Crippen molar-refractivity contribution in [3.63, 3.8) is 0 Å². The molecule has 0 unspecified atom stereocenters. The molecule has 0 radical (unpaired) electrons. The van der Waals surface area contributed by atoms with Gasteiger partial charge in [-0.05, 0) is 41.2 Å². The van der Waals surface area contributed by atoms with Crippen LogP contribution in [0.1, 0.15) is 44.5 Å². The van der Waals surface area contributed by atoms with Gasteiger partial charge < -0.3 is 4.74 Å². The van der Waals surface area contributed by atoms with Crippen molar-refractivity contribution in [2.24, 2.45) is 0 Å². The average molecular weight is 304 g/mol. The number of halogens is 1. The third-order valence-electron chi connectivity index (χ3n) is 3.35. The SMILES string of the molecule is CCc1cc(CCl)cc(Oc2cccc(C(C)(C)C)c2)n1. The maximum Gasteiger partial charge on any atom is 0.219 e. The molecule has 0 amide bonds. The summed E-state index contributed by atoms with van der Waals surface area (Å²) >= 11 is 5.93. The van der Waals surface area contributed by atoms with E-state index in [-0.39, 0.29) is 5.41 Å². The zero-order chi connectivity index (χ0) is 15.5. The van der Waals surface area contributed by atoms with E-state index in [0.717, 1.165) is 23.4 Å². The van der Waals surface area contributed by atoms with E-state index in [1.54, 1.807) is 0 Å². The number of hydrogen-bond donors (Lipinski definition) is 0. The molecular weight excluding hydrogens is 282 g/mol. The van der Waals surface area contributed by atoms with Gasteiger partial charge in [0.15, 0.2) is 0 Å². The van der Waals surface area contributed by atoms with Crippen LogP contribution in [0.25, 0.3) is 0 Å². The number of pyridine rings is 1. The van der Waals surface area contributed by atoms with E-state index in [1.165, 1.54) is 5.56 Å². The number of alkyl halides is 1. The molecule has 112 valence electrons. The largest absolute Gasteiger partial charge is 0.439 e. The number of benzene rings is 1. The Morgan fingerprint density at radius 1 is 1.14 bits per heavy atom. The number of rotatable bonds is 4. The maximum absolute atomic E-state index is 5.93. The van der Waals surface area contributed by atoms with Crippen LogP contribution in [-0.4, -0.2) is 4.98 Å². The fraction of sp³-hybridized carbons (Fsp3) is 0.389. The van der Waals surface area contributed by atoms with E-state index in [9.17, 15) is 0 Å². The summed E-state index contributed by atoms with van der Waals surface area (Å²) < 4.78 is 5.93. The summed E-state index contributed by atoms with van der Waals surface area (Å²) in [5.74, 6) is 1.88. The average Bonchev–Trinajstić information content (AvgIpc) is 2.46. The molecule has 1 aromatic heterocycles. The smallest absolute Gasteiger partial charge is 0.219 e. The standard InChI is InChI=1S/C18H22ClNO/c1-5-15-9-13(12-19)10-17(20-15)21-16-8-6-7-14(11-16)18(2,3)4/h6-11H,5,12H2,1-4H3. The molecule has 0 saturated carbocycles. The minimum absolute atomic E-state index is 0.0966. The lowest BCUT2D eigenvalue weighted by Crippen LogP contribution is -2.10. The molecule has 2 rings (SSSR count). The zero-order valence-corrected chi connectivity index (χ0v) is 13.9. The zero-order valence-electron chi connectivity index (χ0n) is 13.1. The Bertz CT molecular complexity index is 595. The van der Waals surface area contributed by atoms with Gasteiger partial charge in [-0.3, -0.25) is 0 Å². The molecule has 1 heterocycles. The van der Waals surface area contributed by atoms with Gasteiger partial charge in [0, 0.05) is 17.6 Å². The van der Waals surface area contributed by atoms with Gasteiger partial charge in [-0.25, -0.2) is 4.98 Å². The first kappa shape index (κ1) is 15.8. The van der Waals surface area contributed by atoms with Crippen LogP contribution in [0.2, 0.25) is 0 Å². The fourth-order valence-electron chi connectivity index (χ4n) is 2.08. The highest BCUT2D eigenvalue weighted by Crippen LogP contribution is 2.28. The predicted octanol–water partition coefficient (Wildman–Crippen LogP) is 5.47. The van der Waals surface area contributed by atoms with Crippen LogP contribution in [0.4, 0.5) is 0 Å². The molecule has 3 heteroatoms. The van der Waals surface area contributed by atoms with Gasteiger partial charge in [0.1, 0.15) is 5.75 Å². The Kier molecular flexibility index (Phi) is 4.89. The van der Waals surface area contributed by atoms with Crippen LogP contribution in [0.5, 0.6) is 11.6 Å². The fourth-order valence-corrected chi connectivity index (χ4v) is 2.23. The number of ether oxygens (including phenoxy) is 1. The van der Waals surface area contributed by atoms with Crippen molar-refractivity contribution in [1.82, 2.24) is 4.98 Å². The van der Waals surface area contributed by atoms with Crippen molar-refractivity contribution in [2.75, 3.05) is 0 Å². The van der Waals surface area contributed by atoms with E-state index in [2.05, 4.69) is 44.8 Å². The summed E-state index contributed by atoms with van der Waals surface area (Å²) in [6.07, 6.45) is 0.864. The summed E-state index contributed by atoms with van der Waals surface area (Å²) in [4.78, 5) is 4.51. The molecule has 0 spiro atoms. The number of nitrogens with zero attached hydrogens (tertiary/aromatic N) is 1. The maximum atomic E-state index is 5.93. The van der Waals surface area contributed by atoms with Gasteiger partial charge >= 0.3 is 0 Å². The minimum atomic E-state index is 0.0966. The van der Waals surface area contributed by atoms with E-state index in [1.807, 2.05) is 24.3 Å². The molecule has 2 aromatic rings. The van der Waals surface area contributed by atoms with Crippen molar-refractivity contribution < 1.29 is 4.74 Å². The lowest BCUT2D eigenvalue weighted by Gasteiger charge is -2.19. The number of aryl methyl sites for hydroxylation is 1. The Morgan fingerprint density at radius 2 is 1.90 bits per heavy atom.